The molecular formula is C48H69N13O5S. The first-order valence-electron chi connectivity index (χ1n) is 24.2. The van der Waals surface area contributed by atoms with Crippen LogP contribution in [0.1, 0.15) is 103 Å². The zero-order chi connectivity index (χ0) is 47.5. The SMILES string of the molecule is Cc1ncsc1-c1ccc(CNC(=O)[C@@H]2C[C@@H](O)CN2C(=O)[C@@H](NC(=O)CCC2CCN(c3nc(NC4(C5=NCCN5C)CCC4)nc(N(C)CCC(=O)NC4CC4)n3)CC2)C(C)(C)C)cc1. The van der Waals surface area contributed by atoms with E-state index in [-0.39, 0.29) is 61.0 Å². The van der Waals surface area contributed by atoms with Gasteiger partial charge >= 0.3 is 0 Å². The van der Waals surface area contributed by atoms with Crippen LogP contribution in [0.4, 0.5) is 17.8 Å². The number of rotatable bonds is 18. The lowest BCUT2D eigenvalue weighted by Crippen LogP contribution is -2.57. The first kappa shape index (κ1) is 48.0. The van der Waals surface area contributed by atoms with Crippen LogP contribution in [0, 0.1) is 18.3 Å². The number of carbonyl (C=O) groups is 4. The minimum absolute atomic E-state index is 0.0163. The number of nitrogens with one attached hydrogen (secondary N) is 4. The summed E-state index contributed by atoms with van der Waals surface area (Å²) < 4.78 is 0. The number of amides is 4. The monoisotopic (exact) mass is 940 g/mol. The molecule has 0 spiro atoms. The second-order valence-electron chi connectivity index (χ2n) is 20.4. The van der Waals surface area contributed by atoms with Gasteiger partial charge in [0.1, 0.15) is 17.9 Å². The molecule has 1 aromatic carbocycles. The number of aliphatic hydroxyl groups is 1. The van der Waals surface area contributed by atoms with Gasteiger partial charge in [-0.1, -0.05) is 45.0 Å². The highest BCUT2D eigenvalue weighted by molar-refractivity contribution is 7.13. The number of benzene rings is 1. The van der Waals surface area contributed by atoms with Gasteiger partial charge in [-0.15, -0.1) is 11.3 Å². The maximum atomic E-state index is 14.3. The predicted octanol–water partition coefficient (Wildman–Crippen LogP) is 3.89. The summed E-state index contributed by atoms with van der Waals surface area (Å²) in [6.45, 7) is 11.5. The zero-order valence-corrected chi connectivity index (χ0v) is 40.8. The Morgan fingerprint density at radius 1 is 0.985 bits per heavy atom. The van der Waals surface area contributed by atoms with Crippen LogP contribution in [0.3, 0.4) is 0 Å². The van der Waals surface area contributed by atoms with Crippen molar-refractivity contribution >= 4 is 58.6 Å². The molecular weight excluding hydrogens is 871 g/mol. The number of carbonyl (C=O) groups excluding carboxylic acids is 4. The van der Waals surface area contributed by atoms with Crippen molar-refractivity contribution in [3.05, 3.63) is 41.0 Å². The molecule has 3 atom stereocenters. The van der Waals surface area contributed by atoms with Gasteiger partial charge in [0.2, 0.25) is 41.5 Å². The van der Waals surface area contributed by atoms with E-state index in [1.807, 2.05) is 69.4 Å². The van der Waals surface area contributed by atoms with Crippen LogP contribution in [0.2, 0.25) is 0 Å². The molecule has 2 saturated heterocycles. The Morgan fingerprint density at radius 3 is 2.36 bits per heavy atom. The standard InChI is InChI=1S/C48H69N13O5S/c1-30-39(67-29-51-30)33-11-8-32(9-12-33)27-50-41(65)36-26-35(62)28-61(36)42(66)40(47(2,3)4)53-37(63)15-10-31-16-23-60(24-17-31)46-55-44(57-48(19-7-20-48)43-49-21-25-58(43)5)54-45(56-46)59(6)22-18-38(64)52-34-13-14-34/h8-9,11-12,29,31,34-36,40,62H,7,10,13-28H2,1-6H3,(H,50,65)(H,52,64)(H,53,63)(H,54,55,56,57)/t35-,36+,40-/m1/s1. The molecule has 19 heteroatoms. The number of likely N-dealkylation sites (tertiary alicyclic amines) is 1. The second-order valence-corrected chi connectivity index (χ2v) is 21.2. The number of hydrogen-bond acceptors (Lipinski definition) is 15. The molecule has 0 radical (unpaired) electrons. The van der Waals surface area contributed by atoms with Crippen molar-refractivity contribution in [1.82, 2.24) is 45.7 Å². The van der Waals surface area contributed by atoms with Crippen LogP contribution in [0.5, 0.6) is 0 Å². The summed E-state index contributed by atoms with van der Waals surface area (Å²) in [7, 11) is 3.99. The average Bonchev–Trinajstić information content (AvgIpc) is 3.60. The van der Waals surface area contributed by atoms with Crippen molar-refractivity contribution in [2.45, 2.75) is 135 Å². The smallest absolute Gasteiger partial charge is 0.246 e. The highest BCUT2D eigenvalue weighted by Crippen LogP contribution is 2.39. The van der Waals surface area contributed by atoms with Crippen LogP contribution in [-0.2, 0) is 25.7 Å². The van der Waals surface area contributed by atoms with Crippen molar-refractivity contribution in [2.24, 2.45) is 16.3 Å². The molecule has 5 aliphatic rings. The molecule has 2 aromatic heterocycles. The molecule has 4 amide bonds. The van der Waals surface area contributed by atoms with Crippen LogP contribution in [-0.4, -0.2) is 147 Å². The zero-order valence-electron chi connectivity index (χ0n) is 40.0. The highest BCUT2D eigenvalue weighted by Gasteiger charge is 2.46. The number of piperidine rings is 1. The molecule has 2 aliphatic carbocycles. The topological polar surface area (TPSA) is 214 Å². The van der Waals surface area contributed by atoms with E-state index in [2.05, 4.69) is 43.1 Å². The number of aromatic nitrogens is 4. The van der Waals surface area contributed by atoms with Crippen LogP contribution >= 0.6 is 11.3 Å². The lowest BCUT2D eigenvalue weighted by molar-refractivity contribution is -0.144. The molecule has 2 saturated carbocycles. The van der Waals surface area contributed by atoms with Gasteiger partial charge in [0.25, 0.3) is 0 Å². The molecule has 0 bridgehead atoms. The third-order valence-electron chi connectivity index (χ3n) is 14.0. The van der Waals surface area contributed by atoms with E-state index in [1.165, 1.54) is 4.90 Å². The van der Waals surface area contributed by atoms with Gasteiger partial charge in [-0.3, -0.25) is 24.2 Å². The Hall–Kier alpha value is -5.43. The summed E-state index contributed by atoms with van der Waals surface area (Å²) in [6.07, 6.45) is 7.25. The second kappa shape index (κ2) is 20.4. The van der Waals surface area contributed by atoms with Gasteiger partial charge < -0.3 is 46.0 Å². The molecule has 18 nitrogen and oxygen atoms in total. The number of hydrogen-bond donors (Lipinski definition) is 5. The van der Waals surface area contributed by atoms with E-state index in [0.717, 1.165) is 85.6 Å². The average molecular weight is 940 g/mol. The molecule has 8 rings (SSSR count). The summed E-state index contributed by atoms with van der Waals surface area (Å²) in [5.74, 6) is 2.01. The normalized spacial score (nSPS) is 21.1. The van der Waals surface area contributed by atoms with Crippen molar-refractivity contribution < 1.29 is 24.3 Å². The first-order chi connectivity index (χ1) is 32.0. The third-order valence-corrected chi connectivity index (χ3v) is 15.0. The van der Waals surface area contributed by atoms with E-state index in [9.17, 15) is 24.3 Å². The fourth-order valence-corrected chi connectivity index (χ4v) is 10.4. The van der Waals surface area contributed by atoms with Crippen LogP contribution in [0.15, 0.2) is 34.8 Å². The Kier molecular flexibility index (Phi) is 14.6. The van der Waals surface area contributed by atoms with E-state index in [4.69, 9.17) is 19.9 Å². The maximum absolute atomic E-state index is 14.3. The van der Waals surface area contributed by atoms with Gasteiger partial charge in [0, 0.05) is 78.7 Å². The summed E-state index contributed by atoms with van der Waals surface area (Å²) in [5, 5.41) is 23.5. The molecule has 67 heavy (non-hydrogen) atoms. The third kappa shape index (κ3) is 11.6. The van der Waals surface area contributed by atoms with E-state index in [0.29, 0.717) is 56.4 Å². The highest BCUT2D eigenvalue weighted by atomic mass is 32.1. The van der Waals surface area contributed by atoms with Crippen molar-refractivity contribution in [3.8, 4) is 10.4 Å². The Labute approximate surface area is 398 Å². The number of anilines is 3. The molecule has 5 heterocycles. The number of thiazole rings is 1. The number of β-amino-alcohol motifs (C(OH)–C–C–N with tert-alkyl or cyclic N) is 1. The summed E-state index contributed by atoms with van der Waals surface area (Å²) in [6, 6.07) is 6.50. The van der Waals surface area contributed by atoms with Crippen molar-refractivity contribution in [2.75, 3.05) is 68.5 Å². The lowest BCUT2D eigenvalue weighted by atomic mass is 9.75. The molecule has 362 valence electrons. The molecule has 0 unspecified atom stereocenters. The quantitative estimate of drug-likeness (QED) is 0.123. The molecule has 4 fully saturated rings. The first-order valence-corrected chi connectivity index (χ1v) is 25.0. The van der Waals surface area contributed by atoms with E-state index < -0.39 is 23.6 Å². The van der Waals surface area contributed by atoms with Crippen LogP contribution in [0.25, 0.3) is 10.4 Å². The predicted molar refractivity (Wildman–Crippen MR) is 260 cm³/mol. The fourth-order valence-electron chi connectivity index (χ4n) is 9.59. The van der Waals surface area contributed by atoms with Gasteiger partial charge in [0.05, 0.1) is 34.3 Å². The lowest BCUT2D eigenvalue weighted by Gasteiger charge is -2.44. The number of aliphatic hydroxyl groups excluding tert-OH is 1. The van der Waals surface area contributed by atoms with Crippen molar-refractivity contribution in [1.29, 1.82) is 0 Å². The summed E-state index contributed by atoms with van der Waals surface area (Å²) in [5.41, 5.74) is 3.79. The number of aryl methyl sites for hydroxylation is 1. The number of amidine groups is 1. The van der Waals surface area contributed by atoms with Crippen LogP contribution < -0.4 is 31.1 Å². The number of nitrogens with zero attached hydrogens (tertiary/aromatic N) is 9. The Balaban J connectivity index is 0.855. The number of likely N-dealkylation sites (N-methyl/N-ethyl adjacent to an activating group) is 1. The largest absolute Gasteiger partial charge is 0.391 e. The maximum Gasteiger partial charge on any atom is 0.246 e. The van der Waals surface area contributed by atoms with Crippen molar-refractivity contribution in [3.63, 3.8) is 0 Å². The number of aliphatic imine (C=N–C) groups is 1. The molecule has 3 aliphatic heterocycles. The van der Waals surface area contributed by atoms with Gasteiger partial charge in [-0.25, -0.2) is 4.98 Å². The van der Waals surface area contributed by atoms with Gasteiger partial charge in [-0.2, -0.15) is 15.0 Å². The fraction of sp³-hybridized carbons (Fsp3) is 0.646. The minimum atomic E-state index is -0.892. The molecule has 3 aromatic rings. The van der Waals surface area contributed by atoms with E-state index in [1.54, 1.807) is 11.3 Å². The summed E-state index contributed by atoms with van der Waals surface area (Å²) in [4.78, 5) is 86.9. The Bertz CT molecular complexity index is 2280. The van der Waals surface area contributed by atoms with Gasteiger partial charge in [-0.05, 0) is 80.8 Å². The summed E-state index contributed by atoms with van der Waals surface area (Å²) >= 11 is 1.58. The molecule has 5 N–H and O–H groups in total. The Morgan fingerprint density at radius 2 is 1.73 bits per heavy atom. The minimum Gasteiger partial charge on any atom is -0.391 e. The van der Waals surface area contributed by atoms with Gasteiger partial charge in [0.15, 0.2) is 0 Å². The van der Waals surface area contributed by atoms with E-state index >= 15 is 0 Å².